The van der Waals surface area contributed by atoms with Crippen LogP contribution < -0.4 is 11.3 Å². The second kappa shape index (κ2) is 6.38. The molecule has 0 bridgehead atoms. The Labute approximate surface area is 102 Å². The lowest BCUT2D eigenvalue weighted by molar-refractivity contribution is 0.408. The Morgan fingerprint density at radius 2 is 2.25 bits per heavy atom. The number of hydrazine groups is 1. The Bertz CT molecular complexity index is 278. The molecule has 2 nitrogen and oxygen atoms in total. The molecule has 0 radical (unpaired) electrons. The lowest BCUT2D eigenvalue weighted by Gasteiger charge is -2.17. The summed E-state index contributed by atoms with van der Waals surface area (Å²) < 4.78 is 0. The van der Waals surface area contributed by atoms with Crippen molar-refractivity contribution in [3.05, 3.63) is 22.4 Å². The van der Waals surface area contributed by atoms with E-state index in [9.17, 15) is 0 Å². The molecule has 0 saturated heterocycles. The highest BCUT2D eigenvalue weighted by Gasteiger charge is 2.17. The van der Waals surface area contributed by atoms with Crippen LogP contribution in [0.25, 0.3) is 0 Å². The third-order valence-electron chi connectivity index (χ3n) is 3.66. The second-order valence-corrected chi connectivity index (χ2v) is 5.91. The lowest BCUT2D eigenvalue weighted by atomic mass is 9.97. The van der Waals surface area contributed by atoms with Crippen molar-refractivity contribution in [3.8, 4) is 0 Å². The van der Waals surface area contributed by atoms with Gasteiger partial charge in [0.2, 0.25) is 0 Å². The topological polar surface area (TPSA) is 38.0 Å². The molecular weight excluding hydrogens is 216 g/mol. The molecule has 3 N–H and O–H groups in total. The SMILES string of the molecule is NNC(CCC1CCCC1)Cc1cccs1. The van der Waals surface area contributed by atoms with Crippen LogP contribution >= 0.6 is 11.3 Å². The van der Waals surface area contributed by atoms with Gasteiger partial charge in [-0.1, -0.05) is 31.7 Å². The zero-order chi connectivity index (χ0) is 11.2. The van der Waals surface area contributed by atoms with E-state index in [1.165, 1.54) is 43.4 Å². The first kappa shape index (κ1) is 12.1. The largest absolute Gasteiger partial charge is 0.271 e. The Kier molecular flexibility index (Phi) is 4.82. The van der Waals surface area contributed by atoms with E-state index in [1.807, 2.05) is 11.3 Å². The third-order valence-corrected chi connectivity index (χ3v) is 4.56. The van der Waals surface area contributed by atoms with Crippen LogP contribution in [0.3, 0.4) is 0 Å². The summed E-state index contributed by atoms with van der Waals surface area (Å²) in [6, 6.07) is 4.77. The van der Waals surface area contributed by atoms with Crippen molar-refractivity contribution >= 4 is 11.3 Å². The molecular formula is C13H22N2S. The van der Waals surface area contributed by atoms with Crippen LogP contribution in [0.15, 0.2) is 17.5 Å². The molecule has 1 aromatic rings. The van der Waals surface area contributed by atoms with Gasteiger partial charge in [0, 0.05) is 10.9 Å². The zero-order valence-electron chi connectivity index (χ0n) is 9.82. The van der Waals surface area contributed by atoms with Gasteiger partial charge in [0.25, 0.3) is 0 Å². The van der Waals surface area contributed by atoms with Crippen molar-refractivity contribution in [2.24, 2.45) is 11.8 Å². The van der Waals surface area contributed by atoms with E-state index in [4.69, 9.17) is 5.84 Å². The van der Waals surface area contributed by atoms with Crippen molar-refractivity contribution in [1.29, 1.82) is 0 Å². The van der Waals surface area contributed by atoms with Crippen LogP contribution in [-0.2, 0) is 6.42 Å². The van der Waals surface area contributed by atoms with Crippen LogP contribution in [0.4, 0.5) is 0 Å². The van der Waals surface area contributed by atoms with Gasteiger partial charge in [0.15, 0.2) is 0 Å². The van der Waals surface area contributed by atoms with Gasteiger partial charge in [-0.05, 0) is 36.6 Å². The summed E-state index contributed by atoms with van der Waals surface area (Å²) in [7, 11) is 0. The molecule has 1 saturated carbocycles. The molecule has 1 fully saturated rings. The molecule has 90 valence electrons. The number of hydrogen-bond donors (Lipinski definition) is 2. The minimum Gasteiger partial charge on any atom is -0.271 e. The number of nitrogens with one attached hydrogen (secondary N) is 1. The van der Waals surface area contributed by atoms with Crippen molar-refractivity contribution < 1.29 is 0 Å². The summed E-state index contributed by atoms with van der Waals surface area (Å²) in [5.74, 6) is 6.60. The number of nitrogens with two attached hydrogens (primary N) is 1. The van der Waals surface area contributed by atoms with Gasteiger partial charge in [0.05, 0.1) is 0 Å². The second-order valence-electron chi connectivity index (χ2n) is 4.87. The van der Waals surface area contributed by atoms with Gasteiger partial charge in [-0.25, -0.2) is 0 Å². The molecule has 0 amide bonds. The fourth-order valence-corrected chi connectivity index (χ4v) is 3.44. The Morgan fingerprint density at radius 1 is 1.44 bits per heavy atom. The molecule has 0 spiro atoms. The maximum absolute atomic E-state index is 5.63. The first-order valence-corrected chi connectivity index (χ1v) is 7.25. The normalized spacial score (nSPS) is 19.1. The van der Waals surface area contributed by atoms with Crippen molar-refractivity contribution in [2.45, 2.75) is 51.0 Å². The molecule has 1 aliphatic rings. The first-order valence-electron chi connectivity index (χ1n) is 6.37. The van der Waals surface area contributed by atoms with Crippen LogP contribution in [0.1, 0.15) is 43.4 Å². The molecule has 0 aliphatic heterocycles. The predicted octanol–water partition coefficient (Wildman–Crippen LogP) is 3.09. The number of rotatable bonds is 6. The van der Waals surface area contributed by atoms with Crippen molar-refractivity contribution in [3.63, 3.8) is 0 Å². The first-order chi connectivity index (χ1) is 7.88. The number of hydrogen-bond acceptors (Lipinski definition) is 3. The molecule has 16 heavy (non-hydrogen) atoms. The fraction of sp³-hybridized carbons (Fsp3) is 0.692. The van der Waals surface area contributed by atoms with E-state index in [2.05, 4.69) is 22.9 Å². The van der Waals surface area contributed by atoms with Crippen molar-refractivity contribution in [2.75, 3.05) is 0 Å². The van der Waals surface area contributed by atoms with Crippen LogP contribution in [-0.4, -0.2) is 6.04 Å². The monoisotopic (exact) mass is 238 g/mol. The van der Waals surface area contributed by atoms with Gasteiger partial charge in [-0.15, -0.1) is 11.3 Å². The van der Waals surface area contributed by atoms with E-state index in [-0.39, 0.29) is 0 Å². The van der Waals surface area contributed by atoms with E-state index < -0.39 is 0 Å². The quantitative estimate of drug-likeness (QED) is 0.590. The Balaban J connectivity index is 1.72. The molecule has 1 atom stereocenters. The van der Waals surface area contributed by atoms with Crippen LogP contribution in [0.2, 0.25) is 0 Å². The lowest BCUT2D eigenvalue weighted by Crippen LogP contribution is -2.36. The molecule has 1 heterocycles. The highest BCUT2D eigenvalue weighted by molar-refractivity contribution is 7.09. The summed E-state index contributed by atoms with van der Waals surface area (Å²) in [5, 5.41) is 2.14. The van der Waals surface area contributed by atoms with E-state index in [1.54, 1.807) is 0 Å². The Morgan fingerprint density at radius 3 is 2.88 bits per heavy atom. The van der Waals surface area contributed by atoms with Gasteiger partial charge in [-0.3, -0.25) is 11.3 Å². The summed E-state index contributed by atoms with van der Waals surface area (Å²) in [4.78, 5) is 1.44. The minimum absolute atomic E-state index is 0.458. The van der Waals surface area contributed by atoms with Gasteiger partial charge < -0.3 is 0 Å². The molecule has 1 aromatic heterocycles. The van der Waals surface area contributed by atoms with E-state index in [0.29, 0.717) is 6.04 Å². The minimum atomic E-state index is 0.458. The van der Waals surface area contributed by atoms with Crippen LogP contribution in [0, 0.1) is 5.92 Å². The summed E-state index contributed by atoms with van der Waals surface area (Å²) in [5.41, 5.74) is 2.97. The maximum atomic E-state index is 5.63. The summed E-state index contributed by atoms with van der Waals surface area (Å²) in [6.07, 6.45) is 9.42. The zero-order valence-corrected chi connectivity index (χ0v) is 10.6. The third kappa shape index (κ3) is 3.58. The molecule has 3 heteroatoms. The van der Waals surface area contributed by atoms with Gasteiger partial charge >= 0.3 is 0 Å². The predicted molar refractivity (Wildman–Crippen MR) is 70.3 cm³/mol. The van der Waals surface area contributed by atoms with E-state index in [0.717, 1.165) is 12.3 Å². The average molecular weight is 238 g/mol. The van der Waals surface area contributed by atoms with Crippen LogP contribution in [0.5, 0.6) is 0 Å². The smallest absolute Gasteiger partial charge is 0.0258 e. The summed E-state index contributed by atoms with van der Waals surface area (Å²) >= 11 is 1.83. The molecule has 1 aliphatic carbocycles. The average Bonchev–Trinajstić information content (AvgIpc) is 2.97. The maximum Gasteiger partial charge on any atom is 0.0258 e. The molecule has 2 rings (SSSR count). The standard InChI is InChI=1S/C13H22N2S/c14-15-12(10-13-6-3-9-16-13)8-7-11-4-1-2-5-11/h3,6,9,11-12,15H,1-2,4-5,7-8,10,14H2. The number of thiophene rings is 1. The van der Waals surface area contributed by atoms with Crippen molar-refractivity contribution in [1.82, 2.24) is 5.43 Å². The van der Waals surface area contributed by atoms with E-state index >= 15 is 0 Å². The highest BCUT2D eigenvalue weighted by Crippen LogP contribution is 2.29. The fourth-order valence-electron chi connectivity index (χ4n) is 2.65. The van der Waals surface area contributed by atoms with Gasteiger partial charge in [0.1, 0.15) is 0 Å². The van der Waals surface area contributed by atoms with Gasteiger partial charge in [-0.2, -0.15) is 0 Å². The molecule has 1 unspecified atom stereocenters. The highest BCUT2D eigenvalue weighted by atomic mass is 32.1. The molecule has 0 aromatic carbocycles. The Hall–Kier alpha value is -0.380. The summed E-state index contributed by atoms with van der Waals surface area (Å²) in [6.45, 7) is 0.